The van der Waals surface area contributed by atoms with E-state index in [1.54, 1.807) is 0 Å². The quantitative estimate of drug-likeness (QED) is 0.539. The maximum absolute atomic E-state index is 4.85. The van der Waals surface area contributed by atoms with Gasteiger partial charge < -0.3 is 15.6 Å². The second-order valence-electron chi connectivity index (χ2n) is 2.51. The number of hydrogen-bond acceptors (Lipinski definition) is 3. The maximum Gasteiger partial charge on any atom is 0.0394 e. The Morgan fingerprint density at radius 1 is 1.31 bits per heavy atom. The molecule has 0 aliphatic rings. The van der Waals surface area contributed by atoms with Crippen LogP contribution < -0.4 is 5.73 Å². The van der Waals surface area contributed by atoms with Gasteiger partial charge in [-0.2, -0.15) is 0 Å². The first kappa shape index (κ1) is 18.4. The smallest absolute Gasteiger partial charge is 0.0394 e. The lowest BCUT2D eigenvalue weighted by Gasteiger charge is -2.05. The summed E-state index contributed by atoms with van der Waals surface area (Å²) in [4.78, 5) is 5.88. The Bertz CT molecular complexity index is 72.6. The van der Waals surface area contributed by atoms with Crippen LogP contribution in [-0.2, 0) is 0 Å². The molecule has 0 fully saturated rings. The third-order valence-corrected chi connectivity index (χ3v) is 0.922. The van der Waals surface area contributed by atoms with Gasteiger partial charge in [-0.15, -0.1) is 0 Å². The zero-order valence-corrected chi connectivity index (χ0v) is 10.0. The van der Waals surface area contributed by atoms with Crippen molar-refractivity contribution in [3.05, 3.63) is 0 Å². The molecule has 0 amide bonds. The summed E-state index contributed by atoms with van der Waals surface area (Å²) in [6.07, 6.45) is 1.12. The molecule has 0 aromatic rings. The van der Waals surface area contributed by atoms with Gasteiger partial charge in [-0.05, 0) is 40.3 Å². The Morgan fingerprint density at radius 3 is 1.92 bits per heavy atom. The predicted molar refractivity (Wildman–Crippen MR) is 63.7 cm³/mol. The topological polar surface area (TPSA) is 41.6 Å². The van der Waals surface area contributed by atoms with Crippen LogP contribution in [0.2, 0.25) is 0 Å². The Hall–Kier alpha value is -0.410. The highest BCUT2D eigenvalue weighted by atomic mass is 15.0. The third kappa shape index (κ3) is 50.6. The molecule has 0 saturated heterocycles. The van der Waals surface area contributed by atoms with Gasteiger partial charge in [0, 0.05) is 6.54 Å². The van der Waals surface area contributed by atoms with Gasteiger partial charge >= 0.3 is 0 Å². The summed E-state index contributed by atoms with van der Waals surface area (Å²) in [5.41, 5.74) is 4.85. The van der Waals surface area contributed by atoms with Crippen LogP contribution in [0.4, 0.5) is 0 Å². The van der Waals surface area contributed by atoms with Crippen molar-refractivity contribution in [1.82, 2.24) is 4.90 Å². The Balaban J connectivity index is -0.000000169. The summed E-state index contributed by atoms with van der Waals surface area (Å²) in [7, 11) is 4.12. The average Bonchev–Trinajstić information content (AvgIpc) is 2.09. The third-order valence-electron chi connectivity index (χ3n) is 0.922. The predicted octanol–water partition coefficient (Wildman–Crippen LogP) is 1.63. The second-order valence-corrected chi connectivity index (χ2v) is 2.51. The summed E-state index contributed by atoms with van der Waals surface area (Å²) >= 11 is 0. The number of nitrogens with two attached hydrogens (primary N) is 1. The van der Waals surface area contributed by atoms with E-state index in [1.807, 2.05) is 20.8 Å². The number of hydrogen-bond donors (Lipinski definition) is 1. The minimum atomic E-state index is 0.750. The zero-order chi connectivity index (χ0) is 11.1. The molecule has 0 atom stereocenters. The van der Waals surface area contributed by atoms with E-state index in [0.717, 1.165) is 26.1 Å². The van der Waals surface area contributed by atoms with Crippen LogP contribution in [-0.4, -0.2) is 45.3 Å². The fraction of sp³-hybridized carbons (Fsp3) is 0.900. The zero-order valence-electron chi connectivity index (χ0n) is 10.0. The number of nitrogens with zero attached hydrogens (tertiary/aromatic N) is 2. The van der Waals surface area contributed by atoms with Crippen molar-refractivity contribution in [2.45, 2.75) is 27.2 Å². The van der Waals surface area contributed by atoms with Gasteiger partial charge in [0.15, 0.2) is 0 Å². The van der Waals surface area contributed by atoms with Gasteiger partial charge in [0.05, 0.1) is 0 Å². The van der Waals surface area contributed by atoms with Crippen LogP contribution >= 0.6 is 0 Å². The normalized spacial score (nSPS) is 7.92. The molecule has 0 rings (SSSR count). The van der Waals surface area contributed by atoms with E-state index in [4.69, 9.17) is 5.73 Å². The Labute approximate surface area is 84.0 Å². The lowest BCUT2D eigenvalue weighted by atomic mass is 10.4. The molecule has 0 radical (unpaired) electrons. The first-order chi connectivity index (χ1) is 6.18. The van der Waals surface area contributed by atoms with Gasteiger partial charge in [0.1, 0.15) is 0 Å². The standard InChI is InChI=1S/C6H14N2.C2H7N.C2H6/c1-7-5-4-6-8(2)3;1-2-3;1-2/h1,4-6H2,2-3H3;2-3H2,1H3;1-2H3. The fourth-order valence-electron chi connectivity index (χ4n) is 0.499. The Kier molecular flexibility index (Phi) is 31.9. The molecule has 0 unspecified atom stereocenters. The molecule has 0 aliphatic heterocycles. The monoisotopic (exact) mass is 189 g/mol. The van der Waals surface area contributed by atoms with E-state index in [2.05, 4.69) is 30.7 Å². The van der Waals surface area contributed by atoms with Crippen molar-refractivity contribution < 1.29 is 0 Å². The van der Waals surface area contributed by atoms with Crippen LogP contribution in [0.3, 0.4) is 0 Å². The molecule has 0 aliphatic carbocycles. The van der Waals surface area contributed by atoms with E-state index >= 15 is 0 Å². The molecular weight excluding hydrogens is 162 g/mol. The van der Waals surface area contributed by atoms with Crippen LogP contribution in [0.25, 0.3) is 0 Å². The highest BCUT2D eigenvalue weighted by Gasteiger charge is 1.85. The van der Waals surface area contributed by atoms with E-state index in [9.17, 15) is 0 Å². The van der Waals surface area contributed by atoms with E-state index in [0.29, 0.717) is 0 Å². The molecule has 13 heavy (non-hydrogen) atoms. The summed E-state index contributed by atoms with van der Waals surface area (Å²) in [6.45, 7) is 12.0. The first-order valence-electron chi connectivity index (χ1n) is 4.96. The molecule has 3 nitrogen and oxygen atoms in total. The van der Waals surface area contributed by atoms with Gasteiger partial charge in [-0.1, -0.05) is 20.8 Å². The summed E-state index contributed by atoms with van der Waals surface area (Å²) in [5.74, 6) is 0. The highest BCUT2D eigenvalue weighted by molar-refractivity contribution is 5.22. The summed E-state index contributed by atoms with van der Waals surface area (Å²) in [6, 6.07) is 0. The van der Waals surface area contributed by atoms with Gasteiger partial charge in [-0.3, -0.25) is 0 Å². The molecule has 0 spiro atoms. The molecule has 82 valence electrons. The van der Waals surface area contributed by atoms with Crippen molar-refractivity contribution in [2.24, 2.45) is 10.7 Å². The first-order valence-corrected chi connectivity index (χ1v) is 4.96. The molecular formula is C10H27N3. The lowest BCUT2D eigenvalue weighted by Crippen LogP contribution is -2.13. The van der Waals surface area contributed by atoms with Gasteiger partial charge in [0.2, 0.25) is 0 Å². The van der Waals surface area contributed by atoms with Crippen LogP contribution in [0.1, 0.15) is 27.2 Å². The maximum atomic E-state index is 4.85. The molecule has 0 aromatic heterocycles. The second kappa shape index (κ2) is 22.6. The minimum absolute atomic E-state index is 0.750. The SMILES string of the molecule is C=NCCCN(C)C.CC.CCN. The van der Waals surface area contributed by atoms with Gasteiger partial charge in [0.25, 0.3) is 0 Å². The highest BCUT2D eigenvalue weighted by Crippen LogP contribution is 1.81. The largest absolute Gasteiger partial charge is 0.331 e. The van der Waals surface area contributed by atoms with Crippen molar-refractivity contribution in [3.63, 3.8) is 0 Å². The number of aliphatic imine (C=N–C) groups is 1. The van der Waals surface area contributed by atoms with Crippen LogP contribution in [0.15, 0.2) is 4.99 Å². The van der Waals surface area contributed by atoms with Crippen molar-refractivity contribution in [3.8, 4) is 0 Å². The molecule has 0 bridgehead atoms. The van der Waals surface area contributed by atoms with Crippen molar-refractivity contribution in [1.29, 1.82) is 0 Å². The lowest BCUT2D eigenvalue weighted by molar-refractivity contribution is 0.403. The number of rotatable bonds is 4. The van der Waals surface area contributed by atoms with E-state index in [-0.39, 0.29) is 0 Å². The molecule has 0 saturated carbocycles. The van der Waals surface area contributed by atoms with Crippen molar-refractivity contribution in [2.75, 3.05) is 33.7 Å². The molecule has 3 heteroatoms. The van der Waals surface area contributed by atoms with Crippen LogP contribution in [0.5, 0.6) is 0 Å². The molecule has 2 N–H and O–H groups in total. The van der Waals surface area contributed by atoms with Gasteiger partial charge in [-0.25, -0.2) is 0 Å². The van der Waals surface area contributed by atoms with Crippen molar-refractivity contribution >= 4 is 6.72 Å². The average molecular weight is 189 g/mol. The Morgan fingerprint density at radius 2 is 1.69 bits per heavy atom. The van der Waals surface area contributed by atoms with E-state index in [1.165, 1.54) is 0 Å². The summed E-state index contributed by atoms with van der Waals surface area (Å²) < 4.78 is 0. The van der Waals surface area contributed by atoms with Crippen LogP contribution in [0, 0.1) is 0 Å². The fourth-order valence-corrected chi connectivity index (χ4v) is 0.499. The minimum Gasteiger partial charge on any atom is -0.331 e. The molecule has 0 heterocycles. The summed E-state index contributed by atoms with van der Waals surface area (Å²) in [5, 5.41) is 0. The van der Waals surface area contributed by atoms with E-state index < -0.39 is 0 Å². The molecule has 0 aromatic carbocycles.